The van der Waals surface area contributed by atoms with Crippen LogP contribution in [0.2, 0.25) is 10.0 Å². The van der Waals surface area contributed by atoms with Gasteiger partial charge in [0.05, 0.1) is 19.6 Å². The lowest BCUT2D eigenvalue weighted by atomic mass is 10.2. The lowest BCUT2D eigenvalue weighted by molar-refractivity contribution is -0.144. The second kappa shape index (κ2) is 8.89. The fraction of sp³-hybridized carbons (Fsp3) is 0.353. The molecule has 0 N–H and O–H groups in total. The highest BCUT2D eigenvalue weighted by atomic mass is 35.5. The first kappa shape index (κ1) is 20.6. The molecule has 2 aromatic rings. The maximum atomic E-state index is 12.6. The summed E-state index contributed by atoms with van der Waals surface area (Å²) in [7, 11) is -3.55. The molecular weight excluding hydrogens is 433 g/mol. The third kappa shape index (κ3) is 5.22. The van der Waals surface area contributed by atoms with E-state index in [1.165, 1.54) is 10.4 Å². The van der Waals surface area contributed by atoms with E-state index in [-0.39, 0.29) is 17.2 Å². The van der Waals surface area contributed by atoms with Crippen LogP contribution in [0.15, 0.2) is 34.5 Å². The minimum Gasteiger partial charge on any atom is -0.460 e. The fourth-order valence-corrected chi connectivity index (χ4v) is 5.86. The maximum Gasteiger partial charge on any atom is 0.311 e. The Kier molecular flexibility index (Phi) is 6.78. The number of esters is 1. The maximum absolute atomic E-state index is 12.6. The van der Waals surface area contributed by atoms with Gasteiger partial charge < -0.3 is 9.47 Å². The molecule has 0 spiro atoms. The largest absolute Gasteiger partial charge is 0.460 e. The van der Waals surface area contributed by atoms with Crippen LogP contribution in [-0.2, 0) is 37.3 Å². The molecule has 0 aliphatic carbocycles. The van der Waals surface area contributed by atoms with Crippen LogP contribution in [0.1, 0.15) is 10.4 Å². The van der Waals surface area contributed by atoms with Crippen molar-refractivity contribution in [1.29, 1.82) is 0 Å². The van der Waals surface area contributed by atoms with Crippen molar-refractivity contribution in [1.82, 2.24) is 4.31 Å². The summed E-state index contributed by atoms with van der Waals surface area (Å²) in [5.74, 6) is -0.460. The third-order valence-electron chi connectivity index (χ3n) is 3.92. The summed E-state index contributed by atoms with van der Waals surface area (Å²) >= 11 is 13.0. The summed E-state index contributed by atoms with van der Waals surface area (Å²) in [6, 6.07) is 8.09. The van der Waals surface area contributed by atoms with Crippen LogP contribution < -0.4 is 0 Å². The van der Waals surface area contributed by atoms with Crippen molar-refractivity contribution < 1.29 is 22.7 Å². The highest BCUT2D eigenvalue weighted by molar-refractivity contribution is 7.91. The number of benzene rings is 1. The highest BCUT2D eigenvalue weighted by Crippen LogP contribution is 2.26. The minimum absolute atomic E-state index is 0.00545. The van der Waals surface area contributed by atoms with Gasteiger partial charge >= 0.3 is 5.97 Å². The number of hydrogen-bond donors (Lipinski definition) is 0. The molecule has 0 radical (unpaired) electrons. The van der Waals surface area contributed by atoms with Crippen LogP contribution in [0.25, 0.3) is 0 Å². The Morgan fingerprint density at radius 3 is 2.63 bits per heavy atom. The number of rotatable bonds is 6. The number of carbonyl (C=O) groups excluding carboxylic acids is 1. The van der Waals surface area contributed by atoms with E-state index in [1.807, 2.05) is 0 Å². The summed E-state index contributed by atoms with van der Waals surface area (Å²) < 4.78 is 37.2. The van der Waals surface area contributed by atoms with Crippen molar-refractivity contribution in [2.75, 3.05) is 26.3 Å². The number of hydrogen-bond acceptors (Lipinski definition) is 6. The Bertz CT molecular complexity index is 923. The molecule has 10 heteroatoms. The van der Waals surface area contributed by atoms with Crippen molar-refractivity contribution in [3.8, 4) is 0 Å². The number of ether oxygens (including phenoxy) is 2. The zero-order valence-electron chi connectivity index (χ0n) is 14.2. The van der Waals surface area contributed by atoms with E-state index in [9.17, 15) is 13.2 Å². The fourth-order valence-electron chi connectivity index (χ4n) is 2.50. The van der Waals surface area contributed by atoms with E-state index in [2.05, 4.69) is 0 Å². The topological polar surface area (TPSA) is 72.9 Å². The van der Waals surface area contributed by atoms with Crippen molar-refractivity contribution in [2.45, 2.75) is 17.2 Å². The van der Waals surface area contributed by atoms with Gasteiger partial charge in [0, 0.05) is 33.6 Å². The van der Waals surface area contributed by atoms with Gasteiger partial charge in [0.25, 0.3) is 10.0 Å². The summed E-state index contributed by atoms with van der Waals surface area (Å²) in [4.78, 5) is 12.7. The average molecular weight is 450 g/mol. The van der Waals surface area contributed by atoms with E-state index in [0.29, 0.717) is 46.8 Å². The van der Waals surface area contributed by atoms with Gasteiger partial charge in [-0.3, -0.25) is 4.79 Å². The van der Waals surface area contributed by atoms with E-state index >= 15 is 0 Å². The van der Waals surface area contributed by atoms with Crippen LogP contribution in [0.3, 0.4) is 0 Å². The summed E-state index contributed by atoms with van der Waals surface area (Å²) in [5.41, 5.74) is 0.649. The quantitative estimate of drug-likeness (QED) is 0.632. The lowest BCUT2D eigenvalue weighted by Crippen LogP contribution is -2.40. The number of nitrogens with zero attached hydrogens (tertiary/aromatic N) is 1. The van der Waals surface area contributed by atoms with Gasteiger partial charge in [-0.25, -0.2) is 8.42 Å². The molecule has 0 amide bonds. The van der Waals surface area contributed by atoms with E-state index in [4.69, 9.17) is 32.7 Å². The van der Waals surface area contributed by atoms with Crippen molar-refractivity contribution in [3.63, 3.8) is 0 Å². The standard InChI is InChI=1S/C17H17Cl2NO5S2/c18-13-2-1-12(15(19)9-13)11-25-16(21)10-14-3-4-17(26-14)27(22,23)20-5-7-24-8-6-20/h1-4,9H,5-8,10-11H2. The molecule has 27 heavy (non-hydrogen) atoms. The first-order valence-electron chi connectivity index (χ1n) is 8.12. The van der Waals surface area contributed by atoms with E-state index in [1.54, 1.807) is 24.3 Å². The first-order chi connectivity index (χ1) is 12.9. The molecule has 0 saturated carbocycles. The van der Waals surface area contributed by atoms with Gasteiger partial charge in [-0.2, -0.15) is 4.31 Å². The molecule has 1 aliphatic heterocycles. The zero-order chi connectivity index (χ0) is 19.4. The van der Waals surface area contributed by atoms with Gasteiger partial charge in [-0.15, -0.1) is 11.3 Å². The van der Waals surface area contributed by atoms with Gasteiger partial charge in [0.2, 0.25) is 0 Å². The average Bonchev–Trinajstić information content (AvgIpc) is 3.11. The molecule has 6 nitrogen and oxygen atoms in total. The van der Waals surface area contributed by atoms with E-state index in [0.717, 1.165) is 11.3 Å². The number of halogens is 2. The van der Waals surface area contributed by atoms with Gasteiger partial charge in [0.1, 0.15) is 10.8 Å². The number of thiophene rings is 1. The Balaban J connectivity index is 1.59. The first-order valence-corrected chi connectivity index (χ1v) is 11.1. The molecule has 1 aromatic carbocycles. The predicted molar refractivity (Wildman–Crippen MR) is 104 cm³/mol. The second-order valence-electron chi connectivity index (χ2n) is 5.81. The third-order valence-corrected chi connectivity index (χ3v) is 7.96. The van der Waals surface area contributed by atoms with Crippen LogP contribution in [0.5, 0.6) is 0 Å². The molecule has 1 aromatic heterocycles. The van der Waals surface area contributed by atoms with Crippen molar-refractivity contribution >= 4 is 50.5 Å². The predicted octanol–water partition coefficient (Wildman–Crippen LogP) is 3.36. The number of carbonyl (C=O) groups is 1. The van der Waals surface area contributed by atoms with E-state index < -0.39 is 16.0 Å². The Morgan fingerprint density at radius 1 is 1.19 bits per heavy atom. The van der Waals surface area contributed by atoms with Crippen LogP contribution in [0, 0.1) is 0 Å². The van der Waals surface area contributed by atoms with Crippen molar-refractivity contribution in [3.05, 3.63) is 50.8 Å². The summed E-state index contributed by atoms with van der Waals surface area (Å²) in [6.07, 6.45) is -0.00545. The molecule has 1 fully saturated rings. The molecule has 146 valence electrons. The SMILES string of the molecule is O=C(Cc1ccc(S(=O)(=O)N2CCOCC2)s1)OCc1ccc(Cl)cc1Cl. The van der Waals surface area contributed by atoms with Crippen molar-refractivity contribution in [2.24, 2.45) is 0 Å². The minimum atomic E-state index is -3.55. The molecule has 1 saturated heterocycles. The monoisotopic (exact) mass is 449 g/mol. The number of sulfonamides is 1. The molecule has 3 rings (SSSR count). The van der Waals surface area contributed by atoms with Crippen LogP contribution in [0.4, 0.5) is 0 Å². The number of morpholine rings is 1. The molecule has 1 aliphatic rings. The Morgan fingerprint density at radius 2 is 1.93 bits per heavy atom. The smallest absolute Gasteiger partial charge is 0.311 e. The molecule has 2 heterocycles. The normalized spacial score (nSPS) is 15.6. The summed E-state index contributed by atoms with van der Waals surface area (Å²) in [5, 5.41) is 0.924. The second-order valence-corrected chi connectivity index (χ2v) is 9.99. The highest BCUT2D eigenvalue weighted by Gasteiger charge is 2.28. The molecule has 0 bridgehead atoms. The molecule has 0 unspecified atom stereocenters. The Hall–Kier alpha value is -1.16. The van der Waals surface area contributed by atoms with Gasteiger partial charge in [-0.1, -0.05) is 29.3 Å². The molecule has 0 atom stereocenters. The van der Waals surface area contributed by atoms with Gasteiger partial charge in [0.15, 0.2) is 0 Å². The zero-order valence-corrected chi connectivity index (χ0v) is 17.3. The molecular formula is C17H17Cl2NO5S2. The van der Waals surface area contributed by atoms with Gasteiger partial charge in [-0.05, 0) is 24.3 Å². The lowest BCUT2D eigenvalue weighted by Gasteiger charge is -2.25. The summed E-state index contributed by atoms with van der Waals surface area (Å²) in [6.45, 7) is 1.46. The van der Waals surface area contributed by atoms with Crippen LogP contribution in [-0.4, -0.2) is 45.0 Å². The van der Waals surface area contributed by atoms with Crippen LogP contribution >= 0.6 is 34.5 Å². The Labute approximate surface area is 171 Å².